The van der Waals surface area contributed by atoms with Crippen molar-refractivity contribution in [1.82, 2.24) is 0 Å². The van der Waals surface area contributed by atoms with Crippen LogP contribution in [0, 0.1) is 0 Å². The molecule has 56 heavy (non-hydrogen) atoms. The number of hydrogen-bond acceptors (Lipinski definition) is 0. The molecule has 0 saturated heterocycles. The number of rotatable bonds is 2. The first-order valence-electron chi connectivity index (χ1n) is 21.3. The van der Waals surface area contributed by atoms with Crippen LogP contribution in [0.15, 0.2) is 78.9 Å². The first kappa shape index (κ1) is 40.3. The Morgan fingerprint density at radius 1 is 0.304 bits per heavy atom. The van der Waals surface area contributed by atoms with Crippen LogP contribution in [-0.4, -0.2) is 0 Å². The van der Waals surface area contributed by atoms with Crippen LogP contribution in [0.5, 0.6) is 0 Å². The molecule has 0 unspecified atom stereocenters. The van der Waals surface area contributed by atoms with Gasteiger partial charge in [0, 0.05) is 10.8 Å². The van der Waals surface area contributed by atoms with Crippen LogP contribution >= 0.6 is 0 Å². The summed E-state index contributed by atoms with van der Waals surface area (Å²) < 4.78 is 0. The average Bonchev–Trinajstić information content (AvgIpc) is 3.44. The summed E-state index contributed by atoms with van der Waals surface area (Å²) >= 11 is 0. The standard InChI is InChI=1S/C56H70/c1-50(2,3)34-21-24-39-44(29-34)55(16,17)46-31-36(52(7,8)9)27-41(48(39)46)33-20-23-38(43(26-33)54(13,14)15)42-28-37(53(10,11)12)32-47-49(42)40-25-22-35(51(4,5)6)30-45(40)56(47,18)19/h20-32H,1-19H3. The van der Waals surface area contributed by atoms with E-state index in [1.54, 1.807) is 0 Å². The molecule has 5 aromatic carbocycles. The molecule has 2 aliphatic rings. The fourth-order valence-electron chi connectivity index (χ4n) is 9.51. The van der Waals surface area contributed by atoms with Gasteiger partial charge in [-0.2, -0.15) is 0 Å². The monoisotopic (exact) mass is 743 g/mol. The summed E-state index contributed by atoms with van der Waals surface area (Å²) in [6.07, 6.45) is 0. The van der Waals surface area contributed by atoms with Crippen molar-refractivity contribution in [2.24, 2.45) is 0 Å². The molecule has 0 radical (unpaired) electrons. The van der Waals surface area contributed by atoms with Gasteiger partial charge in [-0.3, -0.25) is 0 Å². The predicted octanol–water partition coefficient (Wildman–Crippen LogP) is 16.1. The Kier molecular flexibility index (Phi) is 8.85. The van der Waals surface area contributed by atoms with E-state index in [1.807, 2.05) is 0 Å². The van der Waals surface area contributed by atoms with Gasteiger partial charge in [-0.15, -0.1) is 0 Å². The van der Waals surface area contributed by atoms with E-state index in [9.17, 15) is 0 Å². The molecule has 0 aromatic heterocycles. The maximum Gasteiger partial charge on any atom is 0.0159 e. The summed E-state index contributed by atoms with van der Waals surface area (Å²) in [5.41, 5.74) is 23.7. The van der Waals surface area contributed by atoms with Gasteiger partial charge in [-0.05, 0) is 140 Å². The Labute approximate surface area is 341 Å². The topological polar surface area (TPSA) is 0 Å². The molecule has 2 aliphatic carbocycles. The van der Waals surface area contributed by atoms with Gasteiger partial charge in [-0.25, -0.2) is 0 Å². The Morgan fingerprint density at radius 2 is 0.661 bits per heavy atom. The zero-order valence-corrected chi connectivity index (χ0v) is 38.5. The lowest BCUT2D eigenvalue weighted by atomic mass is 9.74. The largest absolute Gasteiger partial charge is 0.0579 e. The van der Waals surface area contributed by atoms with Gasteiger partial charge in [0.2, 0.25) is 0 Å². The van der Waals surface area contributed by atoms with Crippen LogP contribution in [0.4, 0.5) is 0 Å². The third-order valence-corrected chi connectivity index (χ3v) is 13.4. The van der Waals surface area contributed by atoms with Gasteiger partial charge >= 0.3 is 0 Å². The second-order valence-electron chi connectivity index (χ2n) is 23.7. The molecular weight excluding hydrogens is 673 g/mol. The highest BCUT2D eigenvalue weighted by molar-refractivity contribution is 5.97. The van der Waals surface area contributed by atoms with E-state index in [0.717, 1.165) is 0 Å². The Hall–Kier alpha value is -3.90. The van der Waals surface area contributed by atoms with Crippen LogP contribution in [0.2, 0.25) is 0 Å². The number of hydrogen-bond donors (Lipinski definition) is 0. The molecule has 0 fully saturated rings. The lowest BCUT2D eigenvalue weighted by Crippen LogP contribution is -2.19. The van der Waals surface area contributed by atoms with Gasteiger partial charge in [0.15, 0.2) is 0 Å². The third kappa shape index (κ3) is 6.43. The Morgan fingerprint density at radius 3 is 1.05 bits per heavy atom. The van der Waals surface area contributed by atoms with Crippen molar-refractivity contribution in [3.05, 3.63) is 129 Å². The summed E-state index contributed by atoms with van der Waals surface area (Å²) in [7, 11) is 0. The quantitative estimate of drug-likeness (QED) is 0.169. The summed E-state index contributed by atoms with van der Waals surface area (Å²) in [6, 6.07) is 32.2. The van der Waals surface area contributed by atoms with Crippen molar-refractivity contribution in [2.45, 2.75) is 169 Å². The highest BCUT2D eigenvalue weighted by Crippen LogP contribution is 2.57. The van der Waals surface area contributed by atoms with Crippen molar-refractivity contribution in [3.8, 4) is 44.5 Å². The summed E-state index contributed by atoms with van der Waals surface area (Å²) in [6.45, 7) is 45.2. The molecule has 0 spiro atoms. The Bertz CT molecular complexity index is 2400. The van der Waals surface area contributed by atoms with Crippen molar-refractivity contribution in [3.63, 3.8) is 0 Å². The van der Waals surface area contributed by atoms with E-state index in [2.05, 4.69) is 210 Å². The number of fused-ring (bicyclic) bond motifs is 6. The van der Waals surface area contributed by atoms with Crippen LogP contribution in [0.3, 0.4) is 0 Å². The summed E-state index contributed by atoms with van der Waals surface area (Å²) in [5.74, 6) is 0. The molecule has 0 bridgehead atoms. The second kappa shape index (κ2) is 12.3. The van der Waals surface area contributed by atoms with Gasteiger partial charge in [-0.1, -0.05) is 192 Å². The van der Waals surface area contributed by atoms with E-state index in [-0.39, 0.29) is 37.9 Å². The Balaban J connectivity index is 1.53. The first-order valence-corrected chi connectivity index (χ1v) is 21.3. The zero-order valence-electron chi connectivity index (χ0n) is 38.5. The highest BCUT2D eigenvalue weighted by atomic mass is 14.4. The average molecular weight is 743 g/mol. The minimum absolute atomic E-state index is 0.00798. The van der Waals surface area contributed by atoms with Gasteiger partial charge < -0.3 is 0 Å². The zero-order chi connectivity index (χ0) is 41.5. The fraction of sp³-hybridized carbons (Fsp3) is 0.464. The van der Waals surface area contributed by atoms with Crippen LogP contribution in [0.1, 0.15) is 182 Å². The molecule has 294 valence electrons. The highest BCUT2D eigenvalue weighted by Gasteiger charge is 2.41. The second-order valence-corrected chi connectivity index (χ2v) is 23.7. The molecule has 0 heterocycles. The molecule has 0 atom stereocenters. The van der Waals surface area contributed by atoms with Gasteiger partial charge in [0.25, 0.3) is 0 Å². The summed E-state index contributed by atoms with van der Waals surface area (Å²) in [4.78, 5) is 0. The van der Waals surface area contributed by atoms with Crippen molar-refractivity contribution < 1.29 is 0 Å². The van der Waals surface area contributed by atoms with E-state index in [1.165, 1.54) is 94.6 Å². The molecule has 0 N–H and O–H groups in total. The minimum Gasteiger partial charge on any atom is -0.0579 e. The molecule has 0 nitrogen and oxygen atoms in total. The fourth-order valence-corrected chi connectivity index (χ4v) is 9.51. The van der Waals surface area contributed by atoms with E-state index in [4.69, 9.17) is 0 Å². The van der Waals surface area contributed by atoms with Crippen LogP contribution in [0.25, 0.3) is 44.5 Å². The van der Waals surface area contributed by atoms with Crippen molar-refractivity contribution in [2.75, 3.05) is 0 Å². The van der Waals surface area contributed by atoms with Crippen molar-refractivity contribution >= 4 is 0 Å². The van der Waals surface area contributed by atoms with Gasteiger partial charge in [0.1, 0.15) is 0 Å². The van der Waals surface area contributed by atoms with E-state index < -0.39 is 0 Å². The molecule has 0 aliphatic heterocycles. The predicted molar refractivity (Wildman–Crippen MR) is 246 cm³/mol. The molecule has 5 aromatic rings. The maximum absolute atomic E-state index is 2.56. The van der Waals surface area contributed by atoms with E-state index in [0.29, 0.717) is 0 Å². The molecule has 0 heteroatoms. The smallest absolute Gasteiger partial charge is 0.0159 e. The normalized spacial score (nSPS) is 16.1. The molecule has 0 saturated carbocycles. The van der Waals surface area contributed by atoms with Crippen LogP contribution in [-0.2, 0) is 37.9 Å². The van der Waals surface area contributed by atoms with Crippen LogP contribution < -0.4 is 0 Å². The van der Waals surface area contributed by atoms with Crippen molar-refractivity contribution in [1.29, 1.82) is 0 Å². The minimum atomic E-state index is -0.106. The molecule has 7 rings (SSSR count). The lowest BCUT2D eigenvalue weighted by molar-refractivity contribution is 0.579. The molecule has 0 amide bonds. The third-order valence-electron chi connectivity index (χ3n) is 13.4. The maximum atomic E-state index is 2.56. The summed E-state index contributed by atoms with van der Waals surface area (Å²) in [5, 5.41) is 0. The van der Waals surface area contributed by atoms with Gasteiger partial charge in [0.05, 0.1) is 0 Å². The molecular formula is C56H70. The SMILES string of the molecule is CC(C)(C)c1ccc2c(c1)C(C)(C)c1cc(C(C)(C)C)cc(-c3ccc(-c4cc(C(C)(C)C)cc5c4-c4ccc(C(C)(C)C)cc4C5(C)C)c(C(C)(C)C)c3)c1-2. The first-order chi connectivity index (χ1) is 25.4. The van der Waals surface area contributed by atoms with E-state index >= 15 is 0 Å². The lowest BCUT2D eigenvalue weighted by Gasteiger charge is -2.30. The number of benzene rings is 5.